The average Bonchev–Trinajstić information content (AvgIpc) is 2.72. The van der Waals surface area contributed by atoms with Crippen LogP contribution >= 0.6 is 0 Å². The summed E-state index contributed by atoms with van der Waals surface area (Å²) in [6, 6.07) is 0. The molecule has 0 spiro atoms. The topological polar surface area (TPSA) is 0 Å². The van der Waals surface area contributed by atoms with Crippen LogP contribution in [-0.4, -0.2) is 31.8 Å². The van der Waals surface area contributed by atoms with Crippen molar-refractivity contribution in [1.29, 1.82) is 0 Å². The minimum atomic E-state index is -2.58. The predicted octanol–water partition coefficient (Wildman–Crippen LogP) is 9.71. The van der Waals surface area contributed by atoms with E-state index >= 15 is 0 Å². The van der Waals surface area contributed by atoms with Crippen LogP contribution in [0.4, 0.5) is 0 Å². The molecule has 0 heterocycles. The maximum atomic E-state index is 2.79. The molecule has 0 aliphatic rings. The summed E-state index contributed by atoms with van der Waals surface area (Å²) in [5, 5.41) is 0. The number of allylic oxidation sites excluding steroid dienone is 4. The summed E-state index contributed by atoms with van der Waals surface area (Å²) < 4.78 is 4.03. The second-order valence-electron chi connectivity index (χ2n) is 9.57. The molecule has 168 valence electrons. The van der Waals surface area contributed by atoms with Crippen molar-refractivity contribution >= 4 is 31.8 Å². The van der Waals surface area contributed by atoms with Crippen LogP contribution in [0.2, 0.25) is 35.2 Å². The molecular formula is C26H54B2Sn. The van der Waals surface area contributed by atoms with Gasteiger partial charge in [0.25, 0.3) is 0 Å². The van der Waals surface area contributed by atoms with Crippen LogP contribution in [0.15, 0.2) is 18.1 Å². The van der Waals surface area contributed by atoms with Gasteiger partial charge in [0.15, 0.2) is 0 Å². The molecule has 0 unspecified atom stereocenters. The van der Waals surface area contributed by atoms with Crippen LogP contribution < -0.4 is 0 Å². The maximum absolute atomic E-state index is 2.79. The fraction of sp³-hybridized carbons (Fsp3) is 0.846. The van der Waals surface area contributed by atoms with Gasteiger partial charge in [-0.1, -0.05) is 0 Å². The Morgan fingerprint density at radius 1 is 0.552 bits per heavy atom. The summed E-state index contributed by atoms with van der Waals surface area (Å²) >= 11 is -2.58. The Kier molecular flexibility index (Phi) is 16.3. The Bertz CT molecular complexity index is 453. The summed E-state index contributed by atoms with van der Waals surface area (Å²) in [7, 11) is 0. The second-order valence-corrected chi connectivity index (χ2v) is 22.3. The van der Waals surface area contributed by atoms with E-state index in [0.29, 0.717) is 0 Å². The fourth-order valence-corrected chi connectivity index (χ4v) is 18.1. The van der Waals surface area contributed by atoms with E-state index < -0.39 is 18.4 Å². The molecule has 29 heavy (non-hydrogen) atoms. The van der Waals surface area contributed by atoms with Gasteiger partial charge in [0, 0.05) is 0 Å². The van der Waals surface area contributed by atoms with Crippen molar-refractivity contribution in [3.63, 3.8) is 0 Å². The Hall–Kier alpha value is 0.409. The monoisotopic (exact) mass is 508 g/mol. The number of unbranched alkanes of at least 4 members (excludes halogenated alkanes) is 2. The first kappa shape index (κ1) is 29.4. The van der Waals surface area contributed by atoms with Crippen molar-refractivity contribution in [2.45, 2.75) is 142 Å². The Morgan fingerprint density at radius 3 is 1.07 bits per heavy atom. The molecule has 0 radical (unpaired) electrons. The zero-order valence-electron chi connectivity index (χ0n) is 22.1. The molecule has 0 saturated carbocycles. The molecule has 0 aliphatic heterocycles. The van der Waals surface area contributed by atoms with Crippen molar-refractivity contribution in [2.24, 2.45) is 0 Å². The van der Waals surface area contributed by atoms with Gasteiger partial charge in [-0.2, -0.15) is 0 Å². The first-order valence-corrected chi connectivity index (χ1v) is 21.8. The van der Waals surface area contributed by atoms with E-state index in [9.17, 15) is 0 Å². The zero-order chi connectivity index (χ0) is 22.4. The van der Waals surface area contributed by atoms with Crippen molar-refractivity contribution in [2.75, 3.05) is 0 Å². The molecule has 0 saturated heterocycles. The van der Waals surface area contributed by atoms with E-state index in [1.165, 1.54) is 76.6 Å². The van der Waals surface area contributed by atoms with E-state index in [1.54, 1.807) is 0 Å². The van der Waals surface area contributed by atoms with E-state index in [2.05, 4.69) is 65.3 Å². The predicted molar refractivity (Wildman–Crippen MR) is 145 cm³/mol. The van der Waals surface area contributed by atoms with Gasteiger partial charge in [-0.3, -0.25) is 0 Å². The molecule has 0 aromatic carbocycles. The first-order valence-electron chi connectivity index (χ1n) is 13.3. The van der Waals surface area contributed by atoms with Gasteiger partial charge >= 0.3 is 192 Å². The van der Waals surface area contributed by atoms with Crippen LogP contribution in [-0.2, 0) is 0 Å². The second kappa shape index (κ2) is 16.1. The standard InChI is InChI=1S/2C12H24B.2CH3.Sn/c2*1-5-9-10-11-12(6-2)13(7-3)8-4;;;/h2*5-10H2,1-4H3;2*1H3;. The fourth-order valence-electron chi connectivity index (χ4n) is 5.70. The quantitative estimate of drug-likeness (QED) is 0.183. The molecular weight excluding hydrogens is 453 g/mol. The summed E-state index contributed by atoms with van der Waals surface area (Å²) in [6.45, 7) is 20.9. The van der Waals surface area contributed by atoms with Gasteiger partial charge in [0.05, 0.1) is 0 Å². The third-order valence-electron chi connectivity index (χ3n) is 7.56. The van der Waals surface area contributed by atoms with Crippen LogP contribution in [0, 0.1) is 0 Å². The Labute approximate surface area is 191 Å². The Morgan fingerprint density at radius 2 is 0.862 bits per heavy atom. The molecule has 0 bridgehead atoms. The van der Waals surface area contributed by atoms with Gasteiger partial charge in [-0.05, 0) is 0 Å². The molecule has 0 aliphatic carbocycles. The molecule has 3 heteroatoms. The van der Waals surface area contributed by atoms with Crippen molar-refractivity contribution in [3.05, 3.63) is 18.1 Å². The van der Waals surface area contributed by atoms with E-state index in [4.69, 9.17) is 0 Å². The molecule has 0 N–H and O–H groups in total. The molecule has 0 aromatic heterocycles. The molecule has 0 rings (SSSR count). The van der Waals surface area contributed by atoms with Crippen LogP contribution in [0.3, 0.4) is 0 Å². The third kappa shape index (κ3) is 8.45. The van der Waals surface area contributed by atoms with Gasteiger partial charge < -0.3 is 0 Å². The van der Waals surface area contributed by atoms with Crippen molar-refractivity contribution in [1.82, 2.24) is 0 Å². The normalized spacial score (nSPS) is 13.9. The molecule has 0 aromatic rings. The molecule has 0 atom stereocenters. The van der Waals surface area contributed by atoms with Crippen LogP contribution in [0.25, 0.3) is 0 Å². The van der Waals surface area contributed by atoms with E-state index in [-0.39, 0.29) is 0 Å². The van der Waals surface area contributed by atoms with Crippen LogP contribution in [0.5, 0.6) is 0 Å². The van der Waals surface area contributed by atoms with E-state index in [0.717, 1.165) is 13.4 Å². The van der Waals surface area contributed by atoms with Crippen molar-refractivity contribution in [3.8, 4) is 0 Å². The van der Waals surface area contributed by atoms with Gasteiger partial charge in [0.2, 0.25) is 0 Å². The van der Waals surface area contributed by atoms with E-state index in [1.807, 2.05) is 18.1 Å². The zero-order valence-corrected chi connectivity index (χ0v) is 25.0. The molecule has 0 nitrogen and oxygen atoms in total. The summed E-state index contributed by atoms with van der Waals surface area (Å²) in [5.41, 5.74) is 3.77. The SMILES string of the molecule is CCCC/[C](=C(\CC)B(CC)CC)[Sn]([CH3])([CH3])/[C](CCCC)=C(/CC)B(CC)CC. The van der Waals surface area contributed by atoms with Gasteiger partial charge in [-0.15, -0.1) is 0 Å². The molecule has 0 amide bonds. The number of hydrogen-bond acceptors (Lipinski definition) is 0. The summed E-state index contributed by atoms with van der Waals surface area (Å²) in [4.78, 5) is 5.58. The van der Waals surface area contributed by atoms with Gasteiger partial charge in [0.1, 0.15) is 0 Å². The third-order valence-corrected chi connectivity index (χ3v) is 19.4. The number of rotatable bonds is 16. The van der Waals surface area contributed by atoms with Crippen molar-refractivity contribution < 1.29 is 0 Å². The summed E-state index contributed by atoms with van der Waals surface area (Å²) in [5.74, 6) is 0. The first-order chi connectivity index (χ1) is 13.8. The Balaban J connectivity index is 6.78. The molecule has 0 fully saturated rings. The average molecular weight is 507 g/mol. The van der Waals surface area contributed by atoms with Gasteiger partial charge in [-0.25, -0.2) is 0 Å². The minimum absolute atomic E-state index is 0.813. The van der Waals surface area contributed by atoms with Crippen LogP contribution in [0.1, 0.15) is 107 Å². The number of hydrogen-bond donors (Lipinski definition) is 0. The summed E-state index contributed by atoms with van der Waals surface area (Å²) in [6.07, 6.45) is 16.0.